The molecule has 2 amide bonds. The average molecular weight is 371 g/mol. The van der Waals surface area contributed by atoms with E-state index in [1.54, 1.807) is 18.2 Å². The van der Waals surface area contributed by atoms with Gasteiger partial charge in [0.1, 0.15) is 0 Å². The molecule has 0 aliphatic heterocycles. The van der Waals surface area contributed by atoms with Crippen LogP contribution in [0, 0.1) is 0 Å². The van der Waals surface area contributed by atoms with Gasteiger partial charge in [-0.1, -0.05) is 17.7 Å². The highest BCUT2D eigenvalue weighted by molar-refractivity contribution is 6.30. The summed E-state index contributed by atoms with van der Waals surface area (Å²) >= 11 is 5.79. The van der Waals surface area contributed by atoms with E-state index in [0.29, 0.717) is 10.6 Å². The highest BCUT2D eigenvalue weighted by atomic mass is 35.5. The molecule has 0 spiro atoms. The first kappa shape index (κ1) is 18.8. The van der Waals surface area contributed by atoms with E-state index in [4.69, 9.17) is 11.6 Å². The van der Waals surface area contributed by atoms with Crippen LogP contribution in [-0.2, 0) is 6.18 Å². The van der Waals surface area contributed by atoms with Crippen LogP contribution in [0.3, 0.4) is 0 Å². The number of benzene rings is 2. The second-order valence-electron chi connectivity index (χ2n) is 5.10. The molecule has 0 aliphatic rings. The lowest BCUT2D eigenvalue weighted by Gasteiger charge is -2.09. The van der Waals surface area contributed by atoms with Gasteiger partial charge in [-0.2, -0.15) is 13.2 Å². The quantitative estimate of drug-likeness (QED) is 0.791. The third-order valence-electron chi connectivity index (χ3n) is 3.26. The molecular weight excluding hydrogens is 357 g/mol. The molecule has 8 heteroatoms. The summed E-state index contributed by atoms with van der Waals surface area (Å²) in [6.07, 6.45) is -4.44. The number of carbonyl (C=O) groups is 2. The van der Waals surface area contributed by atoms with Crippen molar-refractivity contribution in [2.75, 3.05) is 13.1 Å². The van der Waals surface area contributed by atoms with Crippen molar-refractivity contribution in [2.45, 2.75) is 6.18 Å². The Balaban J connectivity index is 1.79. The molecule has 4 nitrogen and oxygen atoms in total. The largest absolute Gasteiger partial charge is 0.416 e. The highest BCUT2D eigenvalue weighted by Gasteiger charge is 2.30. The molecule has 0 saturated heterocycles. The van der Waals surface area contributed by atoms with Crippen molar-refractivity contribution < 1.29 is 22.8 Å². The van der Waals surface area contributed by atoms with Gasteiger partial charge in [0.2, 0.25) is 0 Å². The summed E-state index contributed by atoms with van der Waals surface area (Å²) in [5.74, 6) is -0.864. The summed E-state index contributed by atoms with van der Waals surface area (Å²) in [5, 5.41) is 5.55. The van der Waals surface area contributed by atoms with Gasteiger partial charge < -0.3 is 10.6 Å². The van der Waals surface area contributed by atoms with Crippen molar-refractivity contribution in [2.24, 2.45) is 0 Å². The van der Waals surface area contributed by atoms with Gasteiger partial charge in [-0.15, -0.1) is 0 Å². The molecule has 25 heavy (non-hydrogen) atoms. The first-order chi connectivity index (χ1) is 11.8. The average Bonchev–Trinajstić information content (AvgIpc) is 2.57. The molecule has 2 rings (SSSR count). The number of nitrogens with one attached hydrogen (secondary N) is 2. The normalized spacial score (nSPS) is 11.0. The van der Waals surface area contributed by atoms with E-state index in [9.17, 15) is 22.8 Å². The summed E-state index contributed by atoms with van der Waals surface area (Å²) in [7, 11) is 0. The van der Waals surface area contributed by atoms with Crippen LogP contribution in [0.5, 0.6) is 0 Å². The fourth-order valence-corrected chi connectivity index (χ4v) is 2.19. The molecule has 2 aromatic carbocycles. The Morgan fingerprint density at radius 1 is 0.880 bits per heavy atom. The Hall–Kier alpha value is -2.54. The van der Waals surface area contributed by atoms with E-state index in [0.717, 1.165) is 24.3 Å². The zero-order valence-corrected chi connectivity index (χ0v) is 13.6. The SMILES string of the molecule is O=C(NCCNC(=O)c1cccc(Cl)c1)c1ccc(C(F)(F)F)cc1. The van der Waals surface area contributed by atoms with Crippen LogP contribution in [-0.4, -0.2) is 24.9 Å². The lowest BCUT2D eigenvalue weighted by Crippen LogP contribution is -2.34. The maximum Gasteiger partial charge on any atom is 0.416 e. The maximum absolute atomic E-state index is 12.5. The highest BCUT2D eigenvalue weighted by Crippen LogP contribution is 2.29. The smallest absolute Gasteiger partial charge is 0.350 e. The lowest BCUT2D eigenvalue weighted by atomic mass is 10.1. The van der Waals surface area contributed by atoms with Gasteiger partial charge in [0, 0.05) is 29.2 Å². The van der Waals surface area contributed by atoms with Crippen molar-refractivity contribution in [1.82, 2.24) is 10.6 Å². The Kier molecular flexibility index (Phi) is 6.03. The summed E-state index contributed by atoms with van der Waals surface area (Å²) in [6, 6.07) is 10.3. The van der Waals surface area contributed by atoms with Crippen LogP contribution in [0.1, 0.15) is 26.3 Å². The van der Waals surface area contributed by atoms with Crippen LogP contribution in [0.25, 0.3) is 0 Å². The molecule has 2 aromatic rings. The van der Waals surface area contributed by atoms with Crippen LogP contribution < -0.4 is 10.6 Å². The van der Waals surface area contributed by atoms with Gasteiger partial charge in [-0.05, 0) is 42.5 Å². The summed E-state index contributed by atoms with van der Waals surface area (Å²) in [5.41, 5.74) is -0.325. The first-order valence-electron chi connectivity index (χ1n) is 7.26. The maximum atomic E-state index is 12.5. The monoisotopic (exact) mass is 370 g/mol. The number of hydrogen-bond acceptors (Lipinski definition) is 2. The minimum absolute atomic E-state index is 0.106. The first-order valence-corrected chi connectivity index (χ1v) is 7.64. The molecule has 0 aromatic heterocycles. The summed E-state index contributed by atoms with van der Waals surface area (Å²) in [4.78, 5) is 23.7. The Labute approximate surface area is 147 Å². The van der Waals surface area contributed by atoms with Crippen LogP contribution in [0.4, 0.5) is 13.2 Å². The number of amides is 2. The van der Waals surface area contributed by atoms with Gasteiger partial charge in [0.05, 0.1) is 5.56 Å². The predicted octanol–water partition coefficient (Wildman–Crippen LogP) is 3.52. The molecule has 0 atom stereocenters. The standard InChI is InChI=1S/C17H14ClF3N2O2/c18-14-3-1-2-12(10-14)16(25)23-9-8-22-15(24)11-4-6-13(7-5-11)17(19,20)21/h1-7,10H,8-9H2,(H,22,24)(H,23,25). The molecule has 0 aliphatic carbocycles. The van der Waals surface area contributed by atoms with E-state index in [-0.39, 0.29) is 24.6 Å². The number of hydrogen-bond donors (Lipinski definition) is 2. The topological polar surface area (TPSA) is 58.2 Å². The van der Waals surface area contributed by atoms with E-state index < -0.39 is 17.6 Å². The molecule has 2 N–H and O–H groups in total. The second kappa shape index (κ2) is 8.02. The Morgan fingerprint density at radius 2 is 1.44 bits per heavy atom. The minimum atomic E-state index is -4.44. The molecular formula is C17H14ClF3N2O2. The van der Waals surface area contributed by atoms with E-state index in [1.165, 1.54) is 6.07 Å². The third kappa shape index (κ3) is 5.49. The Morgan fingerprint density at radius 3 is 1.96 bits per heavy atom. The number of halogens is 4. The second-order valence-corrected chi connectivity index (χ2v) is 5.53. The Bertz CT molecular complexity index is 761. The van der Waals surface area contributed by atoms with E-state index in [2.05, 4.69) is 10.6 Å². The minimum Gasteiger partial charge on any atom is -0.350 e. The molecule has 0 heterocycles. The van der Waals surface area contributed by atoms with Crippen LogP contribution >= 0.6 is 11.6 Å². The fourth-order valence-electron chi connectivity index (χ4n) is 2.00. The van der Waals surface area contributed by atoms with Crippen molar-refractivity contribution in [1.29, 1.82) is 0 Å². The third-order valence-corrected chi connectivity index (χ3v) is 3.49. The van der Waals surface area contributed by atoms with Gasteiger partial charge in [-0.25, -0.2) is 0 Å². The number of rotatable bonds is 5. The predicted molar refractivity (Wildman–Crippen MR) is 87.6 cm³/mol. The molecule has 0 saturated carbocycles. The van der Waals surface area contributed by atoms with Crippen LogP contribution in [0.15, 0.2) is 48.5 Å². The van der Waals surface area contributed by atoms with Crippen molar-refractivity contribution >= 4 is 23.4 Å². The molecule has 0 bridgehead atoms. The zero-order valence-electron chi connectivity index (χ0n) is 12.9. The van der Waals surface area contributed by atoms with Crippen molar-refractivity contribution in [3.8, 4) is 0 Å². The number of alkyl halides is 3. The van der Waals surface area contributed by atoms with Crippen molar-refractivity contribution in [3.05, 3.63) is 70.2 Å². The molecule has 0 unspecified atom stereocenters. The van der Waals surface area contributed by atoms with E-state index >= 15 is 0 Å². The summed E-state index contributed by atoms with van der Waals surface area (Å²) in [6.45, 7) is 0.296. The van der Waals surface area contributed by atoms with Gasteiger partial charge >= 0.3 is 6.18 Å². The van der Waals surface area contributed by atoms with Gasteiger partial charge in [0.15, 0.2) is 0 Å². The molecule has 0 radical (unpaired) electrons. The van der Waals surface area contributed by atoms with Gasteiger partial charge in [0.25, 0.3) is 11.8 Å². The van der Waals surface area contributed by atoms with E-state index in [1.807, 2.05) is 0 Å². The zero-order chi connectivity index (χ0) is 18.4. The molecule has 0 fully saturated rings. The molecule has 132 valence electrons. The summed E-state index contributed by atoms with van der Waals surface area (Å²) < 4.78 is 37.4. The van der Waals surface area contributed by atoms with Crippen LogP contribution in [0.2, 0.25) is 5.02 Å². The number of carbonyl (C=O) groups excluding carboxylic acids is 2. The fraction of sp³-hybridized carbons (Fsp3) is 0.176. The lowest BCUT2D eigenvalue weighted by molar-refractivity contribution is -0.137. The van der Waals surface area contributed by atoms with Gasteiger partial charge in [-0.3, -0.25) is 9.59 Å². The van der Waals surface area contributed by atoms with Crippen molar-refractivity contribution in [3.63, 3.8) is 0 Å².